The van der Waals surface area contributed by atoms with Crippen LogP contribution in [0.2, 0.25) is 10.3 Å². The minimum absolute atomic E-state index is 0. The maximum Gasteiger partial charge on any atom is 0.333 e. The Balaban J connectivity index is 0.000000233. The van der Waals surface area contributed by atoms with E-state index in [4.69, 9.17) is 69.2 Å². The van der Waals surface area contributed by atoms with Gasteiger partial charge in [0.05, 0.1) is 86.3 Å². The van der Waals surface area contributed by atoms with Crippen molar-refractivity contribution in [2.45, 2.75) is 45.9 Å². The van der Waals surface area contributed by atoms with Gasteiger partial charge in [0.1, 0.15) is 56.5 Å². The van der Waals surface area contributed by atoms with Gasteiger partial charge in [-0.25, -0.2) is 24.4 Å². The number of halogens is 3. The molecule has 478 valence electrons. The molecular formula is C64H69Cl3N12O12. The molecule has 0 unspecified atom stereocenters. The van der Waals surface area contributed by atoms with Crippen molar-refractivity contribution in [1.82, 2.24) is 38.2 Å². The highest BCUT2D eigenvalue weighted by Crippen LogP contribution is 2.18. The van der Waals surface area contributed by atoms with Crippen LogP contribution in [0.15, 0.2) is 205 Å². The lowest BCUT2D eigenvalue weighted by atomic mass is 10.2. The van der Waals surface area contributed by atoms with Crippen molar-refractivity contribution >= 4 is 53.1 Å². The largest absolute Gasteiger partial charge is 0.497 e. The molecule has 5 heterocycles. The van der Waals surface area contributed by atoms with Crippen LogP contribution in [0.4, 0.5) is 17.5 Å². The molecule has 5 aromatic heterocycles. The number of nitrogens with one attached hydrogen (secondary N) is 3. The van der Waals surface area contributed by atoms with E-state index in [1.807, 2.05) is 120 Å². The summed E-state index contributed by atoms with van der Waals surface area (Å²) >= 11 is 11.4. The Morgan fingerprint density at radius 1 is 0.473 bits per heavy atom. The normalized spacial score (nSPS) is 10.2. The van der Waals surface area contributed by atoms with Crippen molar-refractivity contribution in [2.24, 2.45) is 5.73 Å². The second kappa shape index (κ2) is 36.2. The Bertz CT molecular complexity index is 4230. The van der Waals surface area contributed by atoms with Crippen LogP contribution in [-0.2, 0) is 45.9 Å². The number of ether oxygens (including phenoxy) is 5. The number of hydrogen-bond donors (Lipinski definition) is 7. The van der Waals surface area contributed by atoms with Crippen LogP contribution in [0, 0.1) is 0 Å². The Kier molecular flexibility index (Phi) is 28.4. The lowest BCUT2D eigenvalue weighted by molar-refractivity contribution is 0.281. The number of aliphatic hydroxyl groups is 1. The smallest absolute Gasteiger partial charge is 0.333 e. The average molecular weight is 1300 g/mol. The summed E-state index contributed by atoms with van der Waals surface area (Å²) in [4.78, 5) is 84.7. The van der Waals surface area contributed by atoms with Crippen LogP contribution in [0.1, 0.15) is 39.2 Å². The SMILES string of the molecule is COc1ccc(CO)cc1.COc1ccc(Cn2c(Cl)cc(=O)n(Cc3ccc(OC)cc3)c2=O)cc1.COc1ccc(Cn2c(NCc3cccc(N)n3)cc(=O)n(Cc3ccc(OC)cc3)c2=O)cc1.Cl.NCc1cccc(N)n1.O=c1cc(Cl)[nH]c(=O)[nH]1. The van der Waals surface area contributed by atoms with E-state index in [1.165, 1.54) is 21.3 Å². The fourth-order valence-electron chi connectivity index (χ4n) is 8.15. The zero-order valence-corrected chi connectivity index (χ0v) is 52.5. The van der Waals surface area contributed by atoms with E-state index in [0.717, 1.165) is 61.4 Å². The molecule has 0 fully saturated rings. The predicted octanol–water partition coefficient (Wildman–Crippen LogP) is 6.94. The molecule has 0 bridgehead atoms. The van der Waals surface area contributed by atoms with Crippen LogP contribution < -0.4 is 79.9 Å². The van der Waals surface area contributed by atoms with Gasteiger partial charge >= 0.3 is 17.1 Å². The summed E-state index contributed by atoms with van der Waals surface area (Å²) in [5, 5.41) is 12.0. The second-order valence-electron chi connectivity index (χ2n) is 19.1. The molecule has 91 heavy (non-hydrogen) atoms. The highest BCUT2D eigenvalue weighted by Gasteiger charge is 2.15. The van der Waals surface area contributed by atoms with Gasteiger partial charge in [0.25, 0.3) is 16.7 Å². The van der Waals surface area contributed by atoms with E-state index in [9.17, 15) is 28.8 Å². The topological polar surface area (TPSA) is 336 Å². The van der Waals surface area contributed by atoms with Crippen molar-refractivity contribution in [3.05, 3.63) is 288 Å². The lowest BCUT2D eigenvalue weighted by Gasteiger charge is -2.17. The summed E-state index contributed by atoms with van der Waals surface area (Å²) in [7, 11) is 7.97. The molecular weight excluding hydrogens is 1240 g/mol. The van der Waals surface area contributed by atoms with Gasteiger partial charge < -0.3 is 51.3 Å². The Hall–Kier alpha value is -10.4. The minimum atomic E-state index is -0.590. The van der Waals surface area contributed by atoms with Gasteiger partial charge in [-0.05, 0) is 113 Å². The fourth-order valence-corrected chi connectivity index (χ4v) is 8.56. The van der Waals surface area contributed by atoms with Crippen LogP contribution in [0.3, 0.4) is 0 Å². The standard InChI is InChI=1S/C26H27N5O4.C20H19ClN2O4.C8H10O2.C6H9N3.C4H3ClN2O2.ClH/c1-34-21-10-6-18(7-11-21)16-30-24(28-15-20-4-3-5-23(27)29-20)14-25(32)31(26(30)33)17-19-8-12-22(35-2)13-9-19;1-26-16-7-3-14(4-8-16)12-22-18(21)11-19(24)23(20(22)25)13-15-5-9-17(27-2)10-6-15;1-10-8-4-2-7(6-9)3-5-8;7-4-5-2-1-3-6(8)9-5;5-2-1-3(8)7-4(9)6-2;/h3-14,28H,15-17H2,1-2H3,(H2,27,29);3-11H,12-13H2,1-2H3;2-5,9H,6H2,1H3;1-3H,4,7H2,(H2,8,9);1H,(H2,6,7,8,9);1H. The first kappa shape index (κ1) is 71.4. The fraction of sp³-hybridized carbons (Fsp3) is 0.188. The number of aliphatic hydroxyl groups excluding tert-OH is 1. The first-order chi connectivity index (χ1) is 43.3. The third-order valence-corrected chi connectivity index (χ3v) is 13.4. The van der Waals surface area contributed by atoms with Crippen LogP contribution >= 0.6 is 35.6 Å². The number of H-pyrrole nitrogens is 2. The molecule has 0 aliphatic rings. The first-order valence-corrected chi connectivity index (χ1v) is 28.1. The summed E-state index contributed by atoms with van der Waals surface area (Å²) in [6, 6.07) is 51.0. The molecule has 0 aliphatic carbocycles. The van der Waals surface area contributed by atoms with Gasteiger partial charge in [-0.1, -0.05) is 96.0 Å². The average Bonchev–Trinajstić information content (AvgIpc) is 1.02. The molecule has 0 radical (unpaired) electrons. The summed E-state index contributed by atoms with van der Waals surface area (Å²) in [5.41, 5.74) is 19.4. The Morgan fingerprint density at radius 3 is 1.20 bits per heavy atom. The molecule has 0 amide bonds. The third kappa shape index (κ3) is 22.3. The number of aromatic nitrogens is 8. The highest BCUT2D eigenvalue weighted by molar-refractivity contribution is 6.29. The molecule has 0 aliphatic heterocycles. The third-order valence-electron chi connectivity index (χ3n) is 12.9. The zero-order chi connectivity index (χ0) is 65.1. The van der Waals surface area contributed by atoms with Crippen LogP contribution in [0.25, 0.3) is 0 Å². The maximum atomic E-state index is 13.5. The summed E-state index contributed by atoms with van der Waals surface area (Å²) in [5.74, 6) is 4.99. The number of nitrogens with zero attached hydrogens (tertiary/aromatic N) is 6. The molecule has 24 nitrogen and oxygen atoms in total. The molecule has 0 saturated carbocycles. The lowest BCUT2D eigenvalue weighted by Crippen LogP contribution is -2.41. The van der Waals surface area contributed by atoms with Gasteiger partial charge in [-0.3, -0.25) is 42.6 Å². The zero-order valence-electron chi connectivity index (χ0n) is 50.2. The number of nitrogen functional groups attached to an aromatic ring is 2. The Labute approximate surface area is 538 Å². The summed E-state index contributed by atoms with van der Waals surface area (Å²) in [6.45, 7) is 1.65. The van der Waals surface area contributed by atoms with E-state index in [1.54, 1.807) is 82.6 Å². The van der Waals surface area contributed by atoms with Gasteiger partial charge in [-0.15, -0.1) is 12.4 Å². The van der Waals surface area contributed by atoms with E-state index < -0.39 is 33.7 Å². The molecule has 5 aromatic carbocycles. The Morgan fingerprint density at radius 2 is 0.835 bits per heavy atom. The predicted molar refractivity (Wildman–Crippen MR) is 355 cm³/mol. The molecule has 0 spiro atoms. The number of aromatic amines is 2. The van der Waals surface area contributed by atoms with Gasteiger partial charge in [0, 0.05) is 24.7 Å². The van der Waals surface area contributed by atoms with Crippen molar-refractivity contribution in [3.8, 4) is 28.7 Å². The number of pyridine rings is 2. The number of anilines is 3. The molecule has 27 heteroatoms. The van der Waals surface area contributed by atoms with Gasteiger partial charge in [-0.2, -0.15) is 0 Å². The van der Waals surface area contributed by atoms with Crippen molar-refractivity contribution in [1.29, 1.82) is 0 Å². The van der Waals surface area contributed by atoms with Crippen molar-refractivity contribution < 1.29 is 28.8 Å². The van der Waals surface area contributed by atoms with Crippen LogP contribution in [-0.4, -0.2) is 78.9 Å². The molecule has 10 rings (SSSR count). The maximum absolute atomic E-state index is 13.5. The van der Waals surface area contributed by atoms with Gasteiger partial charge in [0.2, 0.25) is 0 Å². The molecule has 10 aromatic rings. The van der Waals surface area contributed by atoms with Crippen molar-refractivity contribution in [3.63, 3.8) is 0 Å². The van der Waals surface area contributed by atoms with Crippen molar-refractivity contribution in [2.75, 3.05) is 52.3 Å². The highest BCUT2D eigenvalue weighted by atomic mass is 35.5. The molecule has 10 N–H and O–H groups in total. The van der Waals surface area contributed by atoms with Crippen LogP contribution in [0.5, 0.6) is 28.7 Å². The molecule has 0 atom stereocenters. The van der Waals surface area contributed by atoms with E-state index in [0.29, 0.717) is 47.7 Å². The van der Waals surface area contributed by atoms with E-state index in [2.05, 4.69) is 20.3 Å². The number of nitrogens with two attached hydrogens (primary N) is 3. The number of methoxy groups -OCH3 is 5. The quantitative estimate of drug-likeness (QED) is 0.0428. The first-order valence-electron chi connectivity index (χ1n) is 27.3. The summed E-state index contributed by atoms with van der Waals surface area (Å²) in [6.07, 6.45) is 0. The minimum Gasteiger partial charge on any atom is -0.497 e. The second-order valence-corrected chi connectivity index (χ2v) is 19.9. The van der Waals surface area contributed by atoms with Gasteiger partial charge in [0.15, 0.2) is 0 Å². The summed E-state index contributed by atoms with van der Waals surface area (Å²) < 4.78 is 30.9. The molecule has 0 saturated heterocycles. The number of rotatable bonds is 18. The number of hydrogen-bond acceptors (Lipinski definition) is 18. The number of benzene rings is 5. The van der Waals surface area contributed by atoms with E-state index >= 15 is 0 Å². The monoisotopic (exact) mass is 1300 g/mol. The van der Waals surface area contributed by atoms with E-state index in [-0.39, 0.29) is 55.5 Å².